The normalized spacial score (nSPS) is 13.3. The van der Waals surface area contributed by atoms with Crippen LogP contribution in [0.25, 0.3) is 0 Å². The van der Waals surface area contributed by atoms with E-state index in [1.807, 2.05) is 55.6 Å². The van der Waals surface area contributed by atoms with Gasteiger partial charge in [-0.3, -0.25) is 9.78 Å². The summed E-state index contributed by atoms with van der Waals surface area (Å²) < 4.78 is 0. The zero-order valence-corrected chi connectivity index (χ0v) is 14.0. The van der Waals surface area contributed by atoms with Gasteiger partial charge in [0.25, 0.3) is 0 Å². The number of nitrogens with one attached hydrogen (secondary N) is 1. The van der Waals surface area contributed by atoms with Gasteiger partial charge in [-0.1, -0.05) is 36.4 Å². The molecule has 0 radical (unpaired) electrons. The lowest BCUT2D eigenvalue weighted by molar-refractivity contribution is -0.119. The van der Waals surface area contributed by atoms with Gasteiger partial charge in [0.2, 0.25) is 5.91 Å². The summed E-state index contributed by atoms with van der Waals surface area (Å²) in [6.45, 7) is 1.91. The van der Waals surface area contributed by atoms with Gasteiger partial charge in [-0.2, -0.15) is 0 Å². The van der Waals surface area contributed by atoms with Crippen molar-refractivity contribution in [2.45, 2.75) is 31.2 Å². The first-order valence-corrected chi connectivity index (χ1v) is 8.79. The summed E-state index contributed by atoms with van der Waals surface area (Å²) in [6, 6.07) is 13.3. The van der Waals surface area contributed by atoms with Gasteiger partial charge in [0.05, 0.1) is 11.9 Å². The first-order valence-electron chi connectivity index (χ1n) is 7.64. The van der Waals surface area contributed by atoms with Crippen molar-refractivity contribution in [1.29, 1.82) is 0 Å². The molecule has 2 N–H and O–H groups in total. The minimum absolute atomic E-state index is 0.00773. The SMILES string of the molecule is CC(CC(O)c1ccccc1)NC(=O)CSCc1cccnc1. The van der Waals surface area contributed by atoms with Crippen LogP contribution in [0.5, 0.6) is 0 Å². The largest absolute Gasteiger partial charge is 0.388 e. The first kappa shape index (κ1) is 17.5. The third kappa shape index (κ3) is 6.42. The number of carbonyl (C=O) groups excluding carboxylic acids is 1. The van der Waals surface area contributed by atoms with Gasteiger partial charge < -0.3 is 10.4 Å². The van der Waals surface area contributed by atoms with E-state index in [0.717, 1.165) is 16.9 Å². The summed E-state index contributed by atoms with van der Waals surface area (Å²) in [6.07, 6.45) is 3.49. The average molecular weight is 330 g/mol. The fraction of sp³-hybridized carbons (Fsp3) is 0.333. The second kappa shape index (κ2) is 9.33. The summed E-state index contributed by atoms with van der Waals surface area (Å²) in [5.74, 6) is 1.16. The molecule has 122 valence electrons. The van der Waals surface area contributed by atoms with Crippen molar-refractivity contribution in [2.75, 3.05) is 5.75 Å². The number of carbonyl (C=O) groups is 1. The van der Waals surface area contributed by atoms with Crippen molar-refractivity contribution < 1.29 is 9.90 Å². The molecular formula is C18H22N2O2S. The van der Waals surface area contributed by atoms with Crippen molar-refractivity contribution in [1.82, 2.24) is 10.3 Å². The average Bonchev–Trinajstić information content (AvgIpc) is 2.56. The molecule has 0 aliphatic rings. The Morgan fingerprint density at radius 3 is 2.74 bits per heavy atom. The van der Waals surface area contributed by atoms with E-state index in [2.05, 4.69) is 10.3 Å². The van der Waals surface area contributed by atoms with Crippen LogP contribution in [-0.4, -0.2) is 27.8 Å². The predicted octanol–water partition coefficient (Wildman–Crippen LogP) is 2.94. The lowest BCUT2D eigenvalue weighted by Gasteiger charge is -2.18. The number of rotatable bonds is 8. The molecule has 1 heterocycles. The molecule has 0 saturated carbocycles. The van der Waals surface area contributed by atoms with Crippen LogP contribution >= 0.6 is 11.8 Å². The second-order valence-corrected chi connectivity index (χ2v) is 6.47. The van der Waals surface area contributed by atoms with Gasteiger partial charge in [0, 0.05) is 24.2 Å². The summed E-state index contributed by atoms with van der Waals surface area (Å²) in [5, 5.41) is 13.1. The van der Waals surface area contributed by atoms with Gasteiger partial charge in [0.1, 0.15) is 0 Å². The van der Waals surface area contributed by atoms with E-state index >= 15 is 0 Å². The van der Waals surface area contributed by atoms with E-state index in [9.17, 15) is 9.90 Å². The Morgan fingerprint density at radius 2 is 2.04 bits per heavy atom. The van der Waals surface area contributed by atoms with E-state index in [-0.39, 0.29) is 11.9 Å². The van der Waals surface area contributed by atoms with Crippen LogP contribution in [0.1, 0.15) is 30.6 Å². The zero-order chi connectivity index (χ0) is 16.5. The molecule has 0 spiro atoms. The molecular weight excluding hydrogens is 308 g/mol. The van der Waals surface area contributed by atoms with Gasteiger partial charge in [-0.25, -0.2) is 0 Å². The number of hydrogen-bond acceptors (Lipinski definition) is 4. The van der Waals surface area contributed by atoms with Crippen LogP contribution in [0.2, 0.25) is 0 Å². The molecule has 0 aliphatic carbocycles. The number of aliphatic hydroxyl groups excluding tert-OH is 1. The molecule has 2 aromatic rings. The van der Waals surface area contributed by atoms with Crippen LogP contribution in [0, 0.1) is 0 Å². The molecule has 4 nitrogen and oxygen atoms in total. The van der Waals surface area contributed by atoms with Gasteiger partial charge >= 0.3 is 0 Å². The lowest BCUT2D eigenvalue weighted by atomic mass is 10.0. The minimum atomic E-state index is -0.561. The highest BCUT2D eigenvalue weighted by molar-refractivity contribution is 7.99. The van der Waals surface area contributed by atoms with Crippen LogP contribution in [0.3, 0.4) is 0 Å². The highest BCUT2D eigenvalue weighted by Gasteiger charge is 2.14. The number of pyridine rings is 1. The highest BCUT2D eigenvalue weighted by Crippen LogP contribution is 2.18. The fourth-order valence-corrected chi connectivity index (χ4v) is 3.04. The quantitative estimate of drug-likeness (QED) is 0.781. The van der Waals surface area contributed by atoms with Crippen LogP contribution in [0.4, 0.5) is 0 Å². The Kier molecular flexibility index (Phi) is 7.10. The second-order valence-electron chi connectivity index (χ2n) is 5.48. The number of aliphatic hydroxyl groups is 1. The maximum atomic E-state index is 11.9. The molecule has 0 bridgehead atoms. The summed E-state index contributed by atoms with van der Waals surface area (Å²) in [5.41, 5.74) is 1.98. The van der Waals surface area contributed by atoms with Gasteiger partial charge in [-0.05, 0) is 30.5 Å². The lowest BCUT2D eigenvalue weighted by Crippen LogP contribution is -2.35. The molecule has 23 heavy (non-hydrogen) atoms. The molecule has 1 aromatic carbocycles. The summed E-state index contributed by atoms with van der Waals surface area (Å²) in [4.78, 5) is 16.0. The Labute approximate surface area is 141 Å². The van der Waals surface area contributed by atoms with E-state index in [0.29, 0.717) is 12.2 Å². The van der Waals surface area contributed by atoms with Crippen LogP contribution in [0.15, 0.2) is 54.9 Å². The third-order valence-corrected chi connectivity index (χ3v) is 4.40. The Bertz CT molecular complexity index is 592. The van der Waals surface area contributed by atoms with Crippen LogP contribution < -0.4 is 5.32 Å². The number of aromatic nitrogens is 1. The Morgan fingerprint density at radius 1 is 1.26 bits per heavy atom. The van der Waals surface area contributed by atoms with E-state index in [4.69, 9.17) is 0 Å². The molecule has 0 aliphatic heterocycles. The third-order valence-electron chi connectivity index (χ3n) is 3.39. The topological polar surface area (TPSA) is 62.2 Å². The Hall–Kier alpha value is -1.85. The van der Waals surface area contributed by atoms with Gasteiger partial charge in [0.15, 0.2) is 0 Å². The smallest absolute Gasteiger partial charge is 0.230 e. The Balaban J connectivity index is 1.68. The van der Waals surface area contributed by atoms with Crippen molar-refractivity contribution in [3.8, 4) is 0 Å². The number of thioether (sulfide) groups is 1. The molecule has 5 heteroatoms. The standard InChI is InChI=1S/C18H22N2O2S/c1-14(10-17(21)16-7-3-2-4-8-16)20-18(22)13-23-12-15-6-5-9-19-11-15/h2-9,11,14,17,21H,10,12-13H2,1H3,(H,20,22). The van der Waals surface area contributed by atoms with E-state index in [1.54, 1.807) is 18.0 Å². The predicted molar refractivity (Wildman–Crippen MR) is 94.0 cm³/mol. The molecule has 2 atom stereocenters. The van der Waals surface area contributed by atoms with E-state index < -0.39 is 6.10 Å². The zero-order valence-electron chi connectivity index (χ0n) is 13.2. The monoisotopic (exact) mass is 330 g/mol. The number of amides is 1. The molecule has 1 amide bonds. The van der Waals surface area contributed by atoms with Crippen molar-refractivity contribution >= 4 is 17.7 Å². The number of benzene rings is 1. The maximum absolute atomic E-state index is 11.9. The number of hydrogen-bond donors (Lipinski definition) is 2. The molecule has 2 rings (SSSR count). The number of nitrogens with zero attached hydrogens (tertiary/aromatic N) is 1. The first-order chi connectivity index (χ1) is 11.1. The molecule has 2 unspecified atom stereocenters. The summed E-state index contributed by atoms with van der Waals surface area (Å²) in [7, 11) is 0. The fourth-order valence-electron chi connectivity index (χ4n) is 2.27. The molecule has 1 aromatic heterocycles. The van der Waals surface area contributed by atoms with E-state index in [1.165, 1.54) is 0 Å². The van der Waals surface area contributed by atoms with Crippen molar-refractivity contribution in [2.24, 2.45) is 0 Å². The molecule has 0 fully saturated rings. The van der Waals surface area contributed by atoms with Gasteiger partial charge in [-0.15, -0.1) is 11.8 Å². The minimum Gasteiger partial charge on any atom is -0.388 e. The summed E-state index contributed by atoms with van der Waals surface area (Å²) >= 11 is 1.56. The molecule has 0 saturated heterocycles. The van der Waals surface area contributed by atoms with Crippen molar-refractivity contribution in [3.05, 3.63) is 66.0 Å². The van der Waals surface area contributed by atoms with Crippen LogP contribution in [-0.2, 0) is 10.5 Å². The van der Waals surface area contributed by atoms with Crippen molar-refractivity contribution in [3.63, 3.8) is 0 Å². The highest BCUT2D eigenvalue weighted by atomic mass is 32.2. The maximum Gasteiger partial charge on any atom is 0.230 e.